The number of ether oxygens (including phenoxy) is 1. The first-order valence-corrected chi connectivity index (χ1v) is 6.50. The Labute approximate surface area is 115 Å². The number of anilines is 1. The van der Waals surface area contributed by atoms with Gasteiger partial charge in [-0.25, -0.2) is 9.59 Å². The summed E-state index contributed by atoms with van der Waals surface area (Å²) in [5.74, 6) is -0.504. The molecule has 1 aromatic heterocycles. The van der Waals surface area contributed by atoms with Crippen molar-refractivity contribution >= 4 is 55.0 Å². The van der Waals surface area contributed by atoms with Crippen LogP contribution in [0.5, 0.6) is 0 Å². The van der Waals surface area contributed by atoms with Crippen molar-refractivity contribution in [3.8, 4) is 0 Å². The van der Waals surface area contributed by atoms with Gasteiger partial charge in [-0.2, -0.15) is 0 Å². The Hall–Kier alpha value is -1.60. The molecule has 0 fully saturated rings. The molecule has 0 aliphatic heterocycles. The molecule has 5 nitrogen and oxygen atoms in total. The molecule has 94 valence electrons. The topological polar surface area (TPSA) is 81.4 Å². The number of amides is 2. The van der Waals surface area contributed by atoms with Crippen LogP contribution in [0, 0.1) is 0 Å². The van der Waals surface area contributed by atoms with Crippen LogP contribution >= 0.6 is 27.3 Å². The van der Waals surface area contributed by atoms with Gasteiger partial charge in [0.25, 0.3) is 0 Å². The van der Waals surface area contributed by atoms with Crippen LogP contribution in [0.15, 0.2) is 22.7 Å². The third-order valence-corrected chi connectivity index (χ3v) is 3.91. The maximum absolute atomic E-state index is 11.7. The first kappa shape index (κ1) is 12.8. The number of esters is 1. The molecule has 0 atom stereocenters. The number of thiophene rings is 1. The smallest absolute Gasteiger partial charge is 0.350 e. The minimum Gasteiger partial charge on any atom is -0.465 e. The van der Waals surface area contributed by atoms with Gasteiger partial charge in [0.2, 0.25) is 0 Å². The van der Waals surface area contributed by atoms with Crippen molar-refractivity contribution in [1.29, 1.82) is 0 Å². The van der Waals surface area contributed by atoms with E-state index in [1.807, 2.05) is 18.2 Å². The summed E-state index contributed by atoms with van der Waals surface area (Å²) in [6, 6.07) is 4.79. The van der Waals surface area contributed by atoms with Gasteiger partial charge >= 0.3 is 12.0 Å². The van der Waals surface area contributed by atoms with Gasteiger partial charge in [-0.15, -0.1) is 11.3 Å². The molecule has 0 saturated heterocycles. The third-order valence-electron chi connectivity index (χ3n) is 2.27. The second kappa shape index (κ2) is 4.95. The Kier molecular flexibility index (Phi) is 3.53. The molecule has 2 rings (SSSR count). The van der Waals surface area contributed by atoms with E-state index in [1.165, 1.54) is 18.4 Å². The van der Waals surface area contributed by atoms with Gasteiger partial charge in [-0.1, -0.05) is 15.9 Å². The number of urea groups is 1. The molecule has 7 heteroatoms. The highest BCUT2D eigenvalue weighted by atomic mass is 79.9. The fraction of sp³-hybridized carbons (Fsp3) is 0.0909. The highest BCUT2D eigenvalue weighted by Crippen LogP contribution is 2.37. The zero-order valence-electron chi connectivity index (χ0n) is 9.32. The van der Waals surface area contributed by atoms with Crippen molar-refractivity contribution < 1.29 is 14.3 Å². The average Bonchev–Trinajstić information content (AvgIpc) is 2.66. The van der Waals surface area contributed by atoms with Crippen molar-refractivity contribution in [1.82, 2.24) is 0 Å². The van der Waals surface area contributed by atoms with Gasteiger partial charge in [0.1, 0.15) is 4.88 Å². The third kappa shape index (κ3) is 2.32. The molecule has 0 bridgehead atoms. The number of carbonyl (C=O) groups is 2. The lowest BCUT2D eigenvalue weighted by Crippen LogP contribution is -2.20. The number of primary amides is 1. The molecule has 3 N–H and O–H groups in total. The Morgan fingerprint density at radius 3 is 2.78 bits per heavy atom. The molecule has 1 aromatic carbocycles. The Bertz CT molecular complexity index is 638. The van der Waals surface area contributed by atoms with E-state index in [0.717, 1.165) is 14.6 Å². The van der Waals surface area contributed by atoms with Crippen LogP contribution in [-0.4, -0.2) is 19.1 Å². The maximum Gasteiger partial charge on any atom is 0.350 e. The zero-order valence-corrected chi connectivity index (χ0v) is 11.7. The largest absolute Gasteiger partial charge is 0.465 e. The van der Waals surface area contributed by atoms with E-state index >= 15 is 0 Å². The lowest BCUT2D eigenvalue weighted by molar-refractivity contribution is 0.0607. The number of halogens is 1. The van der Waals surface area contributed by atoms with E-state index in [0.29, 0.717) is 10.6 Å². The summed E-state index contributed by atoms with van der Waals surface area (Å²) in [6.07, 6.45) is 0. The molecule has 0 saturated carbocycles. The van der Waals surface area contributed by atoms with E-state index < -0.39 is 12.0 Å². The van der Waals surface area contributed by atoms with Crippen LogP contribution in [0.1, 0.15) is 9.67 Å². The standard InChI is InChI=1S/C11H9BrN2O3S/c1-17-10(15)9-8(14-11(13)16)6-4-5(12)2-3-7(6)18-9/h2-4H,1H3,(H3,13,14,16). The molecule has 0 aliphatic carbocycles. The summed E-state index contributed by atoms with van der Waals surface area (Å²) in [5, 5.41) is 3.21. The fourth-order valence-corrected chi connectivity index (χ4v) is 2.97. The summed E-state index contributed by atoms with van der Waals surface area (Å²) in [4.78, 5) is 23.0. The molecule has 2 amide bonds. The summed E-state index contributed by atoms with van der Waals surface area (Å²) in [7, 11) is 1.29. The maximum atomic E-state index is 11.7. The Morgan fingerprint density at radius 2 is 2.17 bits per heavy atom. The van der Waals surface area contributed by atoms with Crippen LogP contribution in [0.3, 0.4) is 0 Å². The predicted octanol–water partition coefficient (Wildman–Crippen LogP) is 2.94. The van der Waals surface area contributed by atoms with Gasteiger partial charge in [0, 0.05) is 14.6 Å². The highest BCUT2D eigenvalue weighted by Gasteiger charge is 2.20. The van der Waals surface area contributed by atoms with E-state index in [2.05, 4.69) is 26.0 Å². The Balaban J connectivity index is 2.68. The van der Waals surface area contributed by atoms with Crippen LogP contribution in [0.25, 0.3) is 10.1 Å². The van der Waals surface area contributed by atoms with Gasteiger partial charge in [0.05, 0.1) is 12.8 Å². The number of hydrogen-bond acceptors (Lipinski definition) is 4. The quantitative estimate of drug-likeness (QED) is 0.831. The predicted molar refractivity (Wildman–Crippen MR) is 74.1 cm³/mol. The second-order valence-electron chi connectivity index (χ2n) is 3.43. The van der Waals surface area contributed by atoms with E-state index in [4.69, 9.17) is 5.73 Å². The Morgan fingerprint density at radius 1 is 1.44 bits per heavy atom. The molecule has 2 aromatic rings. The number of nitrogens with two attached hydrogens (primary N) is 1. The summed E-state index contributed by atoms with van der Waals surface area (Å²) in [6.45, 7) is 0. The minimum atomic E-state index is -0.722. The number of methoxy groups -OCH3 is 1. The van der Waals surface area contributed by atoms with Gasteiger partial charge in [0.15, 0.2) is 0 Å². The summed E-state index contributed by atoms with van der Waals surface area (Å²) in [5.41, 5.74) is 5.50. The van der Waals surface area contributed by atoms with Crippen molar-refractivity contribution in [3.05, 3.63) is 27.5 Å². The first-order valence-electron chi connectivity index (χ1n) is 4.89. The number of rotatable bonds is 2. The molecule has 18 heavy (non-hydrogen) atoms. The van der Waals surface area contributed by atoms with Crippen molar-refractivity contribution in [3.63, 3.8) is 0 Å². The van der Waals surface area contributed by atoms with Gasteiger partial charge < -0.3 is 15.8 Å². The van der Waals surface area contributed by atoms with Crippen LogP contribution in [-0.2, 0) is 4.74 Å². The first-order chi connectivity index (χ1) is 8.52. The van der Waals surface area contributed by atoms with E-state index in [9.17, 15) is 9.59 Å². The molecule has 0 spiro atoms. The summed E-state index contributed by atoms with van der Waals surface area (Å²) >= 11 is 4.58. The minimum absolute atomic E-state index is 0.324. The van der Waals surface area contributed by atoms with Crippen LogP contribution in [0.2, 0.25) is 0 Å². The van der Waals surface area contributed by atoms with Crippen molar-refractivity contribution in [2.45, 2.75) is 0 Å². The van der Waals surface area contributed by atoms with E-state index in [1.54, 1.807) is 0 Å². The van der Waals surface area contributed by atoms with Crippen LogP contribution < -0.4 is 11.1 Å². The van der Waals surface area contributed by atoms with Crippen molar-refractivity contribution in [2.24, 2.45) is 5.73 Å². The number of fused-ring (bicyclic) bond motifs is 1. The van der Waals surface area contributed by atoms with Gasteiger partial charge in [-0.05, 0) is 18.2 Å². The number of benzene rings is 1. The summed E-state index contributed by atoms with van der Waals surface area (Å²) < 4.78 is 6.39. The average molecular weight is 329 g/mol. The second-order valence-corrected chi connectivity index (χ2v) is 5.40. The fourth-order valence-electron chi connectivity index (χ4n) is 1.55. The normalized spacial score (nSPS) is 10.3. The molecule has 0 unspecified atom stereocenters. The number of nitrogens with one attached hydrogen (secondary N) is 1. The lowest BCUT2D eigenvalue weighted by Gasteiger charge is -2.03. The lowest BCUT2D eigenvalue weighted by atomic mass is 10.2. The molecule has 0 aliphatic rings. The van der Waals surface area contributed by atoms with Crippen molar-refractivity contribution in [2.75, 3.05) is 12.4 Å². The monoisotopic (exact) mass is 328 g/mol. The van der Waals surface area contributed by atoms with E-state index in [-0.39, 0.29) is 0 Å². The number of hydrogen-bond donors (Lipinski definition) is 2. The number of carbonyl (C=O) groups excluding carboxylic acids is 2. The van der Waals surface area contributed by atoms with Crippen LogP contribution in [0.4, 0.5) is 10.5 Å². The molecule has 1 heterocycles. The molecular formula is C11H9BrN2O3S. The molecule has 0 radical (unpaired) electrons. The van der Waals surface area contributed by atoms with Gasteiger partial charge in [-0.3, -0.25) is 0 Å². The highest BCUT2D eigenvalue weighted by molar-refractivity contribution is 9.10. The SMILES string of the molecule is COC(=O)c1sc2ccc(Br)cc2c1NC(N)=O. The molecular weight excluding hydrogens is 320 g/mol. The zero-order chi connectivity index (χ0) is 13.3.